The lowest BCUT2D eigenvalue weighted by molar-refractivity contribution is -0.00126. The van der Waals surface area contributed by atoms with Crippen molar-refractivity contribution in [3.05, 3.63) is 22.4 Å². The normalized spacial score (nSPS) is 25.3. The van der Waals surface area contributed by atoms with Crippen LogP contribution in [0.3, 0.4) is 0 Å². The third-order valence-corrected chi connectivity index (χ3v) is 5.57. The molecule has 2 aliphatic rings. The predicted octanol–water partition coefficient (Wildman–Crippen LogP) is 2.75. The van der Waals surface area contributed by atoms with Crippen LogP contribution in [0.4, 0.5) is 4.79 Å². The Bertz CT molecular complexity index is 451. The summed E-state index contributed by atoms with van der Waals surface area (Å²) in [5, 5.41) is 5.16. The minimum Gasteiger partial charge on any atom is -0.381 e. The molecule has 1 aliphatic heterocycles. The standard InChI is InChI=1S/C16H24N2O2S/c1-20-14-7-12(8-14)4-5-17-16(19)18-10-13(11-18)9-15-3-2-6-21-15/h2-3,6,12-14H,4-5,7-11H2,1H3,(H,17,19). The minimum absolute atomic E-state index is 0.111. The number of hydrogen-bond donors (Lipinski definition) is 1. The lowest BCUT2D eigenvalue weighted by Crippen LogP contribution is -2.54. The average Bonchev–Trinajstić information content (AvgIpc) is 2.88. The lowest BCUT2D eigenvalue weighted by Gasteiger charge is -2.39. The van der Waals surface area contributed by atoms with Crippen molar-refractivity contribution in [1.29, 1.82) is 0 Å². The van der Waals surface area contributed by atoms with Gasteiger partial charge < -0.3 is 15.0 Å². The molecule has 1 N–H and O–H groups in total. The summed E-state index contributed by atoms with van der Waals surface area (Å²) in [5.41, 5.74) is 0. The van der Waals surface area contributed by atoms with Gasteiger partial charge in [-0.25, -0.2) is 4.79 Å². The maximum Gasteiger partial charge on any atom is 0.317 e. The second kappa shape index (κ2) is 6.79. The molecule has 5 heteroatoms. The molecule has 2 fully saturated rings. The molecule has 1 aromatic rings. The molecule has 1 saturated carbocycles. The Hall–Kier alpha value is -1.07. The van der Waals surface area contributed by atoms with Crippen LogP contribution in [0.5, 0.6) is 0 Å². The molecule has 1 aromatic heterocycles. The highest BCUT2D eigenvalue weighted by Gasteiger charge is 2.31. The van der Waals surface area contributed by atoms with Gasteiger partial charge in [-0.1, -0.05) is 6.07 Å². The molecule has 21 heavy (non-hydrogen) atoms. The van der Waals surface area contributed by atoms with Gasteiger partial charge in [-0.3, -0.25) is 0 Å². The van der Waals surface area contributed by atoms with Gasteiger partial charge >= 0.3 is 6.03 Å². The SMILES string of the molecule is COC1CC(CCNC(=O)N2CC(Cc3cccs3)C2)C1. The summed E-state index contributed by atoms with van der Waals surface area (Å²) in [6, 6.07) is 4.39. The first-order valence-electron chi connectivity index (χ1n) is 7.82. The number of methoxy groups -OCH3 is 1. The molecule has 0 aromatic carbocycles. The van der Waals surface area contributed by atoms with E-state index in [2.05, 4.69) is 22.8 Å². The summed E-state index contributed by atoms with van der Waals surface area (Å²) in [6.07, 6.45) is 4.96. The number of nitrogens with zero attached hydrogens (tertiary/aromatic N) is 1. The Labute approximate surface area is 130 Å². The first-order chi connectivity index (χ1) is 10.2. The molecule has 1 aliphatic carbocycles. The molecule has 1 saturated heterocycles. The number of urea groups is 1. The second-order valence-electron chi connectivity index (χ2n) is 6.27. The van der Waals surface area contributed by atoms with E-state index in [1.54, 1.807) is 7.11 Å². The Kier molecular flexibility index (Phi) is 4.80. The number of likely N-dealkylation sites (tertiary alicyclic amines) is 1. The van der Waals surface area contributed by atoms with Crippen LogP contribution in [-0.2, 0) is 11.2 Å². The largest absolute Gasteiger partial charge is 0.381 e. The van der Waals surface area contributed by atoms with Crippen LogP contribution in [0.25, 0.3) is 0 Å². The highest BCUT2D eigenvalue weighted by molar-refractivity contribution is 7.09. The number of carbonyl (C=O) groups excluding carboxylic acids is 1. The van der Waals surface area contributed by atoms with E-state index in [9.17, 15) is 4.79 Å². The van der Waals surface area contributed by atoms with Crippen LogP contribution >= 0.6 is 11.3 Å². The fraction of sp³-hybridized carbons (Fsp3) is 0.688. The Morgan fingerprint density at radius 2 is 2.24 bits per heavy atom. The molecular weight excluding hydrogens is 284 g/mol. The number of carbonyl (C=O) groups is 1. The maximum atomic E-state index is 12.0. The summed E-state index contributed by atoms with van der Waals surface area (Å²) in [5.74, 6) is 1.38. The fourth-order valence-electron chi connectivity index (χ4n) is 3.18. The van der Waals surface area contributed by atoms with Crippen LogP contribution < -0.4 is 5.32 Å². The molecule has 0 spiro atoms. The van der Waals surface area contributed by atoms with Crippen LogP contribution in [0, 0.1) is 11.8 Å². The predicted molar refractivity (Wildman–Crippen MR) is 84.6 cm³/mol. The Balaban J connectivity index is 1.26. The molecule has 4 nitrogen and oxygen atoms in total. The summed E-state index contributed by atoms with van der Waals surface area (Å²) in [6.45, 7) is 2.60. The summed E-state index contributed by atoms with van der Waals surface area (Å²) in [4.78, 5) is 15.3. The summed E-state index contributed by atoms with van der Waals surface area (Å²) < 4.78 is 5.27. The minimum atomic E-state index is 0.111. The topological polar surface area (TPSA) is 41.6 Å². The average molecular weight is 308 g/mol. The van der Waals surface area contributed by atoms with Gasteiger partial charge in [-0.2, -0.15) is 0 Å². The van der Waals surface area contributed by atoms with E-state index < -0.39 is 0 Å². The van der Waals surface area contributed by atoms with Crippen molar-refractivity contribution < 1.29 is 9.53 Å². The summed E-state index contributed by atoms with van der Waals surface area (Å²) >= 11 is 1.81. The van der Waals surface area contributed by atoms with Crippen molar-refractivity contribution in [1.82, 2.24) is 10.2 Å². The van der Waals surface area contributed by atoms with E-state index in [0.29, 0.717) is 12.0 Å². The van der Waals surface area contributed by atoms with Crippen LogP contribution in [0.15, 0.2) is 17.5 Å². The number of rotatable bonds is 6. The molecule has 0 radical (unpaired) electrons. The van der Waals surface area contributed by atoms with E-state index in [-0.39, 0.29) is 6.03 Å². The highest BCUT2D eigenvalue weighted by Crippen LogP contribution is 2.31. The van der Waals surface area contributed by atoms with E-state index >= 15 is 0 Å². The van der Waals surface area contributed by atoms with Gasteiger partial charge in [0.1, 0.15) is 0 Å². The first-order valence-corrected chi connectivity index (χ1v) is 8.70. The number of amides is 2. The van der Waals surface area contributed by atoms with Crippen molar-refractivity contribution in [3.63, 3.8) is 0 Å². The second-order valence-corrected chi connectivity index (χ2v) is 7.30. The van der Waals surface area contributed by atoms with Gasteiger partial charge in [-0.15, -0.1) is 11.3 Å². The third-order valence-electron chi connectivity index (χ3n) is 4.67. The quantitative estimate of drug-likeness (QED) is 0.878. The Morgan fingerprint density at radius 1 is 1.43 bits per heavy atom. The zero-order valence-electron chi connectivity index (χ0n) is 12.6. The van der Waals surface area contributed by atoms with Crippen LogP contribution in [0.2, 0.25) is 0 Å². The zero-order valence-corrected chi connectivity index (χ0v) is 13.4. The zero-order chi connectivity index (χ0) is 14.7. The molecule has 2 heterocycles. The van der Waals surface area contributed by atoms with Crippen molar-refractivity contribution in [3.8, 4) is 0 Å². The van der Waals surface area contributed by atoms with E-state index in [1.807, 2.05) is 16.2 Å². The van der Waals surface area contributed by atoms with Crippen molar-refractivity contribution in [2.75, 3.05) is 26.7 Å². The first kappa shape index (κ1) is 14.9. The molecular formula is C16H24N2O2S. The number of ether oxygens (including phenoxy) is 1. The summed E-state index contributed by atoms with van der Waals surface area (Å²) in [7, 11) is 1.78. The smallest absolute Gasteiger partial charge is 0.317 e. The molecule has 0 bridgehead atoms. The van der Waals surface area contributed by atoms with Crippen molar-refractivity contribution >= 4 is 17.4 Å². The highest BCUT2D eigenvalue weighted by atomic mass is 32.1. The van der Waals surface area contributed by atoms with Gasteiger partial charge in [0.25, 0.3) is 0 Å². The fourth-order valence-corrected chi connectivity index (χ4v) is 4.00. The van der Waals surface area contributed by atoms with Gasteiger partial charge in [-0.05, 0) is 49.0 Å². The molecule has 116 valence electrons. The monoisotopic (exact) mass is 308 g/mol. The molecule has 2 amide bonds. The molecule has 0 unspecified atom stereocenters. The number of thiophene rings is 1. The van der Waals surface area contributed by atoms with Gasteiger partial charge in [0, 0.05) is 31.6 Å². The van der Waals surface area contributed by atoms with Gasteiger partial charge in [0.15, 0.2) is 0 Å². The number of nitrogens with one attached hydrogen (secondary N) is 1. The van der Waals surface area contributed by atoms with Crippen molar-refractivity contribution in [2.24, 2.45) is 11.8 Å². The Morgan fingerprint density at radius 3 is 2.90 bits per heavy atom. The van der Waals surface area contributed by atoms with E-state index in [0.717, 1.165) is 51.2 Å². The van der Waals surface area contributed by atoms with Crippen LogP contribution in [0.1, 0.15) is 24.1 Å². The van der Waals surface area contributed by atoms with Gasteiger partial charge in [0.05, 0.1) is 6.10 Å². The van der Waals surface area contributed by atoms with E-state index in [1.165, 1.54) is 4.88 Å². The lowest BCUT2D eigenvalue weighted by atomic mass is 9.80. The third kappa shape index (κ3) is 3.77. The van der Waals surface area contributed by atoms with Crippen LogP contribution in [-0.4, -0.2) is 43.8 Å². The molecule has 0 atom stereocenters. The molecule has 3 rings (SSSR count). The number of hydrogen-bond acceptors (Lipinski definition) is 3. The van der Waals surface area contributed by atoms with E-state index in [4.69, 9.17) is 4.74 Å². The van der Waals surface area contributed by atoms with Crippen molar-refractivity contribution in [2.45, 2.75) is 31.8 Å². The van der Waals surface area contributed by atoms with Gasteiger partial charge in [0.2, 0.25) is 0 Å². The maximum absolute atomic E-state index is 12.0.